The van der Waals surface area contributed by atoms with Crippen LogP contribution < -0.4 is 10.1 Å². The highest BCUT2D eigenvalue weighted by Gasteiger charge is 2.20. The summed E-state index contributed by atoms with van der Waals surface area (Å²) in [6, 6.07) is 14.7. The van der Waals surface area contributed by atoms with Gasteiger partial charge in [0.15, 0.2) is 0 Å². The van der Waals surface area contributed by atoms with Crippen molar-refractivity contribution in [2.45, 2.75) is 31.9 Å². The van der Waals surface area contributed by atoms with Crippen molar-refractivity contribution < 1.29 is 9.84 Å². The van der Waals surface area contributed by atoms with Crippen LogP contribution in [0.5, 0.6) is 5.75 Å². The van der Waals surface area contributed by atoms with Crippen molar-refractivity contribution in [3.63, 3.8) is 0 Å². The molecule has 1 aliphatic rings. The van der Waals surface area contributed by atoms with E-state index < -0.39 is 0 Å². The van der Waals surface area contributed by atoms with Crippen LogP contribution in [0.1, 0.15) is 35.6 Å². The van der Waals surface area contributed by atoms with Crippen LogP contribution in [0.2, 0.25) is 0 Å². The molecule has 1 unspecified atom stereocenters. The Morgan fingerprint density at radius 3 is 2.71 bits per heavy atom. The van der Waals surface area contributed by atoms with Crippen molar-refractivity contribution in [1.29, 1.82) is 0 Å². The van der Waals surface area contributed by atoms with E-state index in [1.165, 1.54) is 17.5 Å². The third-order valence-corrected chi connectivity index (χ3v) is 4.14. The lowest BCUT2D eigenvalue weighted by molar-refractivity contribution is 0.282. The summed E-state index contributed by atoms with van der Waals surface area (Å²) in [6.45, 7) is 0.0870. The second-order valence-corrected chi connectivity index (χ2v) is 5.51. The number of ether oxygens (including phenoxy) is 1. The van der Waals surface area contributed by atoms with E-state index in [1.807, 2.05) is 30.3 Å². The molecule has 0 heterocycles. The Balaban J connectivity index is 1.83. The Morgan fingerprint density at radius 1 is 1.19 bits per heavy atom. The minimum absolute atomic E-state index is 0.0870. The molecule has 2 aromatic carbocycles. The Morgan fingerprint density at radius 2 is 2.00 bits per heavy atom. The fourth-order valence-corrected chi connectivity index (χ4v) is 2.96. The maximum Gasteiger partial charge on any atom is 0.119 e. The molecule has 0 fully saturated rings. The first kappa shape index (κ1) is 14.0. The van der Waals surface area contributed by atoms with Crippen LogP contribution in [0, 0.1) is 0 Å². The summed E-state index contributed by atoms with van der Waals surface area (Å²) >= 11 is 0. The minimum Gasteiger partial charge on any atom is -0.497 e. The van der Waals surface area contributed by atoms with E-state index in [0.29, 0.717) is 6.04 Å². The number of aliphatic hydroxyl groups is 1. The lowest BCUT2D eigenvalue weighted by atomic mass is 9.87. The molecule has 0 bridgehead atoms. The normalized spacial score (nSPS) is 17.1. The van der Waals surface area contributed by atoms with Crippen molar-refractivity contribution in [1.82, 2.24) is 0 Å². The number of benzene rings is 2. The Labute approximate surface area is 125 Å². The predicted molar refractivity (Wildman–Crippen MR) is 84.7 cm³/mol. The van der Waals surface area contributed by atoms with Gasteiger partial charge in [-0.3, -0.25) is 0 Å². The van der Waals surface area contributed by atoms with Gasteiger partial charge in [0, 0.05) is 5.69 Å². The molecule has 2 aromatic rings. The Kier molecular flexibility index (Phi) is 4.11. The largest absolute Gasteiger partial charge is 0.497 e. The van der Waals surface area contributed by atoms with Gasteiger partial charge >= 0.3 is 0 Å². The molecule has 2 N–H and O–H groups in total. The second-order valence-electron chi connectivity index (χ2n) is 5.51. The van der Waals surface area contributed by atoms with Crippen LogP contribution in [0.25, 0.3) is 0 Å². The molecule has 3 rings (SSSR count). The van der Waals surface area contributed by atoms with E-state index in [2.05, 4.69) is 17.4 Å². The van der Waals surface area contributed by atoms with Gasteiger partial charge in [0.25, 0.3) is 0 Å². The molecule has 3 heteroatoms. The highest BCUT2D eigenvalue weighted by atomic mass is 16.5. The summed E-state index contributed by atoms with van der Waals surface area (Å²) in [5.41, 5.74) is 4.78. The maximum absolute atomic E-state index is 9.10. The molecular formula is C18H21NO2. The molecule has 0 radical (unpaired) electrons. The lowest BCUT2D eigenvalue weighted by Gasteiger charge is -2.27. The van der Waals surface area contributed by atoms with Gasteiger partial charge in [0.1, 0.15) is 5.75 Å². The van der Waals surface area contributed by atoms with Gasteiger partial charge in [-0.05, 0) is 60.2 Å². The van der Waals surface area contributed by atoms with E-state index in [-0.39, 0.29) is 6.61 Å². The molecule has 0 amide bonds. The predicted octanol–water partition coefficient (Wildman–Crippen LogP) is 3.68. The van der Waals surface area contributed by atoms with Gasteiger partial charge in [-0.25, -0.2) is 0 Å². The first-order valence-electron chi connectivity index (χ1n) is 7.43. The van der Waals surface area contributed by atoms with Crippen LogP contribution in [0.15, 0.2) is 42.5 Å². The van der Waals surface area contributed by atoms with Crippen LogP contribution in [-0.4, -0.2) is 12.2 Å². The van der Waals surface area contributed by atoms with Crippen molar-refractivity contribution in [2.24, 2.45) is 0 Å². The Hall–Kier alpha value is -2.00. The molecular weight excluding hydrogens is 262 g/mol. The number of nitrogens with one attached hydrogen (secondary N) is 1. The third-order valence-electron chi connectivity index (χ3n) is 4.14. The molecule has 0 spiro atoms. The van der Waals surface area contributed by atoms with Gasteiger partial charge in [0.05, 0.1) is 19.8 Å². The molecule has 0 aromatic heterocycles. The van der Waals surface area contributed by atoms with Gasteiger partial charge < -0.3 is 15.2 Å². The third kappa shape index (κ3) is 3.03. The summed E-state index contributed by atoms with van der Waals surface area (Å²) < 4.78 is 5.35. The maximum atomic E-state index is 9.10. The van der Waals surface area contributed by atoms with E-state index in [1.54, 1.807) is 7.11 Å². The van der Waals surface area contributed by atoms with Crippen molar-refractivity contribution in [2.75, 3.05) is 12.4 Å². The van der Waals surface area contributed by atoms with E-state index in [0.717, 1.165) is 29.8 Å². The average molecular weight is 283 g/mol. The second kappa shape index (κ2) is 6.19. The smallest absolute Gasteiger partial charge is 0.119 e. The summed E-state index contributed by atoms with van der Waals surface area (Å²) in [7, 11) is 1.71. The Bertz CT molecular complexity index is 607. The number of hydrogen-bond donors (Lipinski definition) is 2. The summed E-state index contributed by atoms with van der Waals surface area (Å²) in [5, 5.41) is 12.7. The first-order valence-corrected chi connectivity index (χ1v) is 7.43. The molecule has 0 saturated heterocycles. The summed E-state index contributed by atoms with van der Waals surface area (Å²) in [4.78, 5) is 0. The quantitative estimate of drug-likeness (QED) is 0.899. The number of rotatable bonds is 4. The van der Waals surface area contributed by atoms with Crippen LogP contribution >= 0.6 is 0 Å². The highest BCUT2D eigenvalue weighted by molar-refractivity contribution is 5.49. The first-order chi connectivity index (χ1) is 10.3. The fraction of sp³-hybridized carbons (Fsp3) is 0.333. The zero-order valence-electron chi connectivity index (χ0n) is 12.3. The zero-order chi connectivity index (χ0) is 14.7. The molecule has 1 atom stereocenters. The number of aryl methyl sites for hydroxylation is 1. The van der Waals surface area contributed by atoms with Crippen LogP contribution in [0.3, 0.4) is 0 Å². The van der Waals surface area contributed by atoms with E-state index in [9.17, 15) is 0 Å². The van der Waals surface area contributed by atoms with Gasteiger partial charge in [-0.2, -0.15) is 0 Å². The fourth-order valence-electron chi connectivity index (χ4n) is 2.96. The van der Waals surface area contributed by atoms with Crippen LogP contribution in [-0.2, 0) is 13.0 Å². The van der Waals surface area contributed by atoms with Crippen molar-refractivity contribution >= 4 is 5.69 Å². The standard InChI is InChI=1S/C18H21NO2/c1-21-16-10-7-14-3-2-4-18(17(14)11-16)19-15-8-5-13(12-20)6-9-15/h5-11,18-20H,2-4,12H2,1H3. The van der Waals surface area contributed by atoms with Crippen molar-refractivity contribution in [3.05, 3.63) is 59.2 Å². The number of hydrogen-bond acceptors (Lipinski definition) is 3. The van der Waals surface area contributed by atoms with Crippen molar-refractivity contribution in [3.8, 4) is 5.75 Å². The summed E-state index contributed by atoms with van der Waals surface area (Å²) in [6.07, 6.45) is 3.47. The number of methoxy groups -OCH3 is 1. The summed E-state index contributed by atoms with van der Waals surface area (Å²) in [5.74, 6) is 0.915. The molecule has 21 heavy (non-hydrogen) atoms. The van der Waals surface area contributed by atoms with E-state index >= 15 is 0 Å². The molecule has 0 saturated carbocycles. The van der Waals surface area contributed by atoms with Crippen LogP contribution in [0.4, 0.5) is 5.69 Å². The van der Waals surface area contributed by atoms with Gasteiger partial charge in [-0.15, -0.1) is 0 Å². The lowest BCUT2D eigenvalue weighted by Crippen LogP contribution is -2.17. The molecule has 0 aliphatic heterocycles. The van der Waals surface area contributed by atoms with Gasteiger partial charge in [-0.1, -0.05) is 18.2 Å². The topological polar surface area (TPSA) is 41.5 Å². The molecule has 110 valence electrons. The number of anilines is 1. The minimum atomic E-state index is 0.0870. The number of fused-ring (bicyclic) bond motifs is 1. The van der Waals surface area contributed by atoms with Gasteiger partial charge in [0.2, 0.25) is 0 Å². The SMILES string of the molecule is COc1ccc2c(c1)C(Nc1ccc(CO)cc1)CCC2. The highest BCUT2D eigenvalue weighted by Crippen LogP contribution is 2.34. The molecule has 1 aliphatic carbocycles. The average Bonchev–Trinajstić information content (AvgIpc) is 2.55. The van der Waals surface area contributed by atoms with E-state index in [4.69, 9.17) is 9.84 Å². The monoisotopic (exact) mass is 283 g/mol. The molecule has 3 nitrogen and oxygen atoms in total. The number of aliphatic hydroxyl groups excluding tert-OH is 1. The zero-order valence-corrected chi connectivity index (χ0v) is 12.3.